The van der Waals surface area contributed by atoms with Crippen molar-refractivity contribution in [2.75, 3.05) is 14.2 Å². The lowest BCUT2D eigenvalue weighted by atomic mass is 10.2. The lowest BCUT2D eigenvalue weighted by Crippen LogP contribution is -2.01. The van der Waals surface area contributed by atoms with E-state index in [1.165, 1.54) is 27.2 Å². The van der Waals surface area contributed by atoms with Gasteiger partial charge in [-0.25, -0.2) is 4.79 Å². The van der Waals surface area contributed by atoms with Gasteiger partial charge in [0.05, 0.1) is 19.8 Å². The zero-order valence-electron chi connectivity index (χ0n) is 10.1. The minimum Gasteiger partial charge on any atom is -0.469 e. The first-order valence-electron chi connectivity index (χ1n) is 4.61. The molecule has 0 saturated carbocycles. The van der Waals surface area contributed by atoms with Crippen molar-refractivity contribution >= 4 is 11.9 Å². The van der Waals surface area contributed by atoms with Crippen molar-refractivity contribution < 1.29 is 19.1 Å². The van der Waals surface area contributed by atoms with E-state index in [1.54, 1.807) is 12.2 Å². The van der Waals surface area contributed by atoms with Crippen LogP contribution in [0.1, 0.15) is 13.8 Å². The van der Waals surface area contributed by atoms with Crippen LogP contribution in [0.15, 0.2) is 36.5 Å². The Morgan fingerprint density at radius 2 is 1.69 bits per heavy atom. The average molecular weight is 226 g/mol. The second-order valence-electron chi connectivity index (χ2n) is 2.54. The largest absolute Gasteiger partial charge is 0.469 e. The van der Waals surface area contributed by atoms with Gasteiger partial charge in [-0.05, 0) is 13.0 Å². The molecule has 4 nitrogen and oxygen atoms in total. The van der Waals surface area contributed by atoms with E-state index in [2.05, 4.69) is 16.1 Å². The monoisotopic (exact) mass is 226 g/mol. The molecule has 0 aromatic carbocycles. The van der Waals surface area contributed by atoms with E-state index in [-0.39, 0.29) is 11.9 Å². The normalized spacial score (nSPS) is 10.1. The van der Waals surface area contributed by atoms with Crippen LogP contribution in [0.25, 0.3) is 0 Å². The maximum Gasteiger partial charge on any atom is 0.337 e. The topological polar surface area (TPSA) is 52.6 Å². The zero-order valence-corrected chi connectivity index (χ0v) is 10.1. The molecule has 4 heteroatoms. The quantitative estimate of drug-likeness (QED) is 0.420. The molecular weight excluding hydrogens is 208 g/mol. The molecule has 0 fully saturated rings. The first-order chi connectivity index (χ1) is 7.53. The van der Waals surface area contributed by atoms with E-state index in [1.807, 2.05) is 13.0 Å². The fourth-order valence-corrected chi connectivity index (χ4v) is 0.537. The molecule has 0 aromatic heterocycles. The SMILES string of the molecule is C=C/C(=C\C=C\C)C(=O)OC.COC(C)=O. The van der Waals surface area contributed by atoms with Crippen LogP contribution in [-0.2, 0) is 19.1 Å². The van der Waals surface area contributed by atoms with Crippen molar-refractivity contribution in [1.29, 1.82) is 0 Å². The number of hydrogen-bond donors (Lipinski definition) is 0. The molecule has 0 rings (SSSR count). The van der Waals surface area contributed by atoms with Gasteiger partial charge in [0, 0.05) is 6.92 Å². The first kappa shape index (κ1) is 16.6. The van der Waals surface area contributed by atoms with Crippen LogP contribution in [-0.4, -0.2) is 26.2 Å². The molecule has 0 saturated heterocycles. The molecule has 0 N–H and O–H groups in total. The highest BCUT2D eigenvalue weighted by Gasteiger charge is 2.01. The smallest absolute Gasteiger partial charge is 0.337 e. The average Bonchev–Trinajstić information content (AvgIpc) is 2.30. The number of hydrogen-bond acceptors (Lipinski definition) is 4. The number of rotatable bonds is 3. The summed E-state index contributed by atoms with van der Waals surface area (Å²) >= 11 is 0. The van der Waals surface area contributed by atoms with E-state index in [4.69, 9.17) is 0 Å². The Balaban J connectivity index is 0. The maximum atomic E-state index is 10.9. The zero-order chi connectivity index (χ0) is 13.0. The summed E-state index contributed by atoms with van der Waals surface area (Å²) in [6.07, 6.45) is 6.70. The number of ether oxygens (including phenoxy) is 2. The predicted molar refractivity (Wildman–Crippen MR) is 62.8 cm³/mol. The van der Waals surface area contributed by atoms with E-state index in [9.17, 15) is 9.59 Å². The number of carbonyl (C=O) groups is 2. The Labute approximate surface area is 96.2 Å². The van der Waals surface area contributed by atoms with Crippen molar-refractivity contribution in [3.8, 4) is 0 Å². The fraction of sp³-hybridized carbons (Fsp3) is 0.333. The fourth-order valence-electron chi connectivity index (χ4n) is 0.537. The first-order valence-corrected chi connectivity index (χ1v) is 4.61. The Morgan fingerprint density at radius 3 is 1.94 bits per heavy atom. The molecule has 0 aliphatic carbocycles. The lowest BCUT2D eigenvalue weighted by molar-refractivity contribution is -0.138. The van der Waals surface area contributed by atoms with Gasteiger partial charge in [-0.2, -0.15) is 0 Å². The number of allylic oxidation sites excluding steroid dienone is 3. The van der Waals surface area contributed by atoms with Crippen LogP contribution in [0, 0.1) is 0 Å². The highest BCUT2D eigenvalue weighted by molar-refractivity contribution is 5.91. The summed E-state index contributed by atoms with van der Waals surface area (Å²) in [5.41, 5.74) is 0.464. The van der Waals surface area contributed by atoms with Crippen LogP contribution < -0.4 is 0 Å². The van der Waals surface area contributed by atoms with E-state index in [0.29, 0.717) is 5.57 Å². The summed E-state index contributed by atoms with van der Waals surface area (Å²) in [6.45, 7) is 6.71. The minimum absolute atomic E-state index is 0.245. The molecule has 90 valence electrons. The Bertz CT molecular complexity index is 287. The molecule has 0 unspecified atom stereocenters. The minimum atomic E-state index is -0.363. The van der Waals surface area contributed by atoms with Crippen molar-refractivity contribution in [2.45, 2.75) is 13.8 Å². The van der Waals surface area contributed by atoms with Gasteiger partial charge >= 0.3 is 11.9 Å². The van der Waals surface area contributed by atoms with Crippen LogP contribution in [0.2, 0.25) is 0 Å². The van der Waals surface area contributed by atoms with Gasteiger partial charge in [0.15, 0.2) is 0 Å². The highest BCUT2D eigenvalue weighted by atomic mass is 16.5. The molecule has 16 heavy (non-hydrogen) atoms. The molecule has 0 spiro atoms. The molecule has 0 heterocycles. The van der Waals surface area contributed by atoms with Gasteiger partial charge in [-0.1, -0.05) is 24.8 Å². The van der Waals surface area contributed by atoms with E-state index >= 15 is 0 Å². The van der Waals surface area contributed by atoms with Gasteiger partial charge in [0.1, 0.15) is 0 Å². The van der Waals surface area contributed by atoms with E-state index < -0.39 is 0 Å². The van der Waals surface area contributed by atoms with Crippen molar-refractivity contribution in [1.82, 2.24) is 0 Å². The van der Waals surface area contributed by atoms with Crippen LogP contribution in [0.4, 0.5) is 0 Å². The molecule has 0 aliphatic heterocycles. The third kappa shape index (κ3) is 10.2. The lowest BCUT2D eigenvalue weighted by Gasteiger charge is -1.95. The Kier molecular flexibility index (Phi) is 11.6. The van der Waals surface area contributed by atoms with Gasteiger partial charge in [-0.3, -0.25) is 4.79 Å². The molecule has 0 aliphatic rings. The summed E-state index contributed by atoms with van der Waals surface area (Å²) < 4.78 is 8.60. The standard InChI is InChI=1S/C9H12O2.C3H6O2/c1-4-6-7-8(5-2)9(10)11-3;1-3(4)5-2/h4-7H,2H2,1,3H3;1-2H3/b6-4+,8-7+;. The summed E-state index contributed by atoms with van der Waals surface area (Å²) in [6, 6.07) is 0. The molecule has 0 bridgehead atoms. The number of carbonyl (C=O) groups excluding carboxylic acids is 2. The Hall–Kier alpha value is -1.84. The van der Waals surface area contributed by atoms with Crippen molar-refractivity contribution in [2.24, 2.45) is 0 Å². The van der Waals surface area contributed by atoms with Gasteiger partial charge < -0.3 is 9.47 Å². The third-order valence-electron chi connectivity index (χ3n) is 1.40. The Morgan fingerprint density at radius 1 is 1.19 bits per heavy atom. The summed E-state index contributed by atoms with van der Waals surface area (Å²) in [4.78, 5) is 20.4. The second kappa shape index (κ2) is 11.2. The predicted octanol–water partition coefficient (Wildman–Crippen LogP) is 2.03. The van der Waals surface area contributed by atoms with Gasteiger partial charge in [-0.15, -0.1) is 0 Å². The summed E-state index contributed by atoms with van der Waals surface area (Å²) in [5, 5.41) is 0. The van der Waals surface area contributed by atoms with E-state index in [0.717, 1.165) is 0 Å². The molecular formula is C12H18O4. The van der Waals surface area contributed by atoms with Crippen LogP contribution in [0.5, 0.6) is 0 Å². The number of esters is 2. The molecule has 0 aromatic rings. The van der Waals surface area contributed by atoms with Crippen molar-refractivity contribution in [3.63, 3.8) is 0 Å². The molecule has 0 amide bonds. The maximum absolute atomic E-state index is 10.9. The van der Waals surface area contributed by atoms with Crippen LogP contribution in [0.3, 0.4) is 0 Å². The van der Waals surface area contributed by atoms with Gasteiger partial charge in [0.2, 0.25) is 0 Å². The highest BCUT2D eigenvalue weighted by Crippen LogP contribution is 1.98. The second-order valence-corrected chi connectivity index (χ2v) is 2.54. The van der Waals surface area contributed by atoms with Crippen molar-refractivity contribution in [3.05, 3.63) is 36.5 Å². The van der Waals surface area contributed by atoms with Gasteiger partial charge in [0.25, 0.3) is 0 Å². The summed E-state index contributed by atoms with van der Waals surface area (Å²) in [7, 11) is 2.69. The van der Waals surface area contributed by atoms with Crippen LogP contribution >= 0.6 is 0 Å². The summed E-state index contributed by atoms with van der Waals surface area (Å²) in [5.74, 6) is -0.608. The molecule has 0 radical (unpaired) electrons. The third-order valence-corrected chi connectivity index (χ3v) is 1.40. The number of methoxy groups -OCH3 is 2. The molecule has 0 atom stereocenters.